The first-order valence-electron chi connectivity index (χ1n) is 7.68. The van der Waals surface area contributed by atoms with Gasteiger partial charge in [0.2, 0.25) is 5.91 Å². The van der Waals surface area contributed by atoms with Gasteiger partial charge in [-0.15, -0.1) is 11.8 Å². The SMILES string of the molecule is CC(c1cccc(Cl)c1)N(C)C(=O)Nc1ccccc1SCC(N)=O. The monoisotopic (exact) mass is 377 g/mol. The Hall–Kier alpha value is -2.18. The molecule has 0 aliphatic carbocycles. The number of halogens is 1. The number of nitrogens with zero attached hydrogens (tertiary/aromatic N) is 1. The van der Waals surface area contributed by atoms with E-state index in [0.29, 0.717) is 10.7 Å². The minimum Gasteiger partial charge on any atom is -0.369 e. The fraction of sp³-hybridized carbons (Fsp3) is 0.222. The molecular weight excluding hydrogens is 358 g/mol. The summed E-state index contributed by atoms with van der Waals surface area (Å²) < 4.78 is 0. The lowest BCUT2D eigenvalue weighted by molar-refractivity contribution is -0.115. The quantitative estimate of drug-likeness (QED) is 0.743. The molecule has 0 bridgehead atoms. The molecule has 3 amide bonds. The molecule has 1 atom stereocenters. The second kappa shape index (κ2) is 8.78. The largest absolute Gasteiger partial charge is 0.369 e. The van der Waals surface area contributed by atoms with E-state index in [9.17, 15) is 9.59 Å². The van der Waals surface area contributed by atoms with Gasteiger partial charge in [-0.2, -0.15) is 0 Å². The van der Waals surface area contributed by atoms with Crippen molar-refractivity contribution in [2.24, 2.45) is 5.73 Å². The van der Waals surface area contributed by atoms with Crippen LogP contribution in [0.15, 0.2) is 53.4 Å². The maximum atomic E-state index is 12.6. The van der Waals surface area contributed by atoms with Crippen LogP contribution in [0.3, 0.4) is 0 Å². The number of anilines is 1. The molecule has 25 heavy (non-hydrogen) atoms. The molecule has 7 heteroatoms. The zero-order valence-corrected chi connectivity index (χ0v) is 15.6. The van der Waals surface area contributed by atoms with Crippen LogP contribution in [-0.4, -0.2) is 29.6 Å². The maximum Gasteiger partial charge on any atom is 0.322 e. The van der Waals surface area contributed by atoms with E-state index in [2.05, 4.69) is 5.32 Å². The summed E-state index contributed by atoms with van der Waals surface area (Å²) in [6.07, 6.45) is 0. The summed E-state index contributed by atoms with van der Waals surface area (Å²) >= 11 is 7.31. The Kier molecular flexibility index (Phi) is 6.73. The number of carbonyl (C=O) groups is 2. The Morgan fingerprint density at radius 2 is 1.96 bits per heavy atom. The number of nitrogens with two attached hydrogens (primary N) is 1. The van der Waals surface area contributed by atoms with Gasteiger partial charge in [-0.05, 0) is 36.8 Å². The van der Waals surface area contributed by atoms with E-state index >= 15 is 0 Å². The van der Waals surface area contributed by atoms with Gasteiger partial charge in [-0.25, -0.2) is 4.79 Å². The molecule has 0 spiro atoms. The standard InChI is InChI=1S/C18H20ClN3O2S/c1-12(13-6-5-7-14(19)10-13)22(2)18(24)21-15-8-3-4-9-16(15)25-11-17(20)23/h3-10,12H,11H2,1-2H3,(H2,20,23)(H,21,24). The minimum atomic E-state index is -0.405. The van der Waals surface area contributed by atoms with Gasteiger partial charge in [0.1, 0.15) is 0 Å². The van der Waals surface area contributed by atoms with E-state index in [1.165, 1.54) is 11.8 Å². The van der Waals surface area contributed by atoms with E-state index in [-0.39, 0.29) is 17.8 Å². The molecule has 2 aromatic rings. The first-order chi connectivity index (χ1) is 11.9. The van der Waals surface area contributed by atoms with Gasteiger partial charge in [0.25, 0.3) is 0 Å². The van der Waals surface area contributed by atoms with E-state index < -0.39 is 5.91 Å². The van der Waals surface area contributed by atoms with Crippen LogP contribution in [0.1, 0.15) is 18.5 Å². The lowest BCUT2D eigenvalue weighted by atomic mass is 10.1. The number of para-hydroxylation sites is 1. The van der Waals surface area contributed by atoms with Gasteiger partial charge in [0.05, 0.1) is 17.5 Å². The Morgan fingerprint density at radius 3 is 2.64 bits per heavy atom. The predicted molar refractivity (Wildman–Crippen MR) is 103 cm³/mol. The Bertz CT molecular complexity index is 769. The first kappa shape index (κ1) is 19.1. The smallest absolute Gasteiger partial charge is 0.322 e. The number of urea groups is 1. The molecule has 0 radical (unpaired) electrons. The van der Waals surface area contributed by atoms with Crippen LogP contribution in [0.2, 0.25) is 5.02 Å². The average molecular weight is 378 g/mol. The third-order valence-corrected chi connectivity index (χ3v) is 5.06. The second-order valence-electron chi connectivity index (χ2n) is 5.52. The summed E-state index contributed by atoms with van der Waals surface area (Å²) in [5.74, 6) is -0.250. The van der Waals surface area contributed by atoms with Crippen LogP contribution in [0.5, 0.6) is 0 Å². The molecule has 0 saturated carbocycles. The van der Waals surface area contributed by atoms with Crippen LogP contribution in [0.4, 0.5) is 10.5 Å². The molecule has 0 aliphatic rings. The van der Waals surface area contributed by atoms with Crippen LogP contribution in [0, 0.1) is 0 Å². The van der Waals surface area contributed by atoms with Crippen molar-refractivity contribution in [1.29, 1.82) is 0 Å². The highest BCUT2D eigenvalue weighted by atomic mass is 35.5. The number of rotatable bonds is 6. The fourth-order valence-corrected chi connectivity index (χ4v) is 3.16. The Morgan fingerprint density at radius 1 is 1.24 bits per heavy atom. The van der Waals surface area contributed by atoms with Crippen molar-refractivity contribution < 1.29 is 9.59 Å². The van der Waals surface area contributed by atoms with Crippen molar-refractivity contribution in [3.8, 4) is 0 Å². The van der Waals surface area contributed by atoms with Crippen molar-refractivity contribution in [2.75, 3.05) is 18.1 Å². The lowest BCUT2D eigenvalue weighted by Crippen LogP contribution is -2.33. The third-order valence-electron chi connectivity index (χ3n) is 3.73. The number of hydrogen-bond acceptors (Lipinski definition) is 3. The third kappa shape index (κ3) is 5.41. The van der Waals surface area contributed by atoms with Gasteiger partial charge in [0, 0.05) is 17.0 Å². The number of carbonyl (C=O) groups excluding carboxylic acids is 2. The number of primary amides is 1. The molecule has 0 saturated heterocycles. The van der Waals surface area contributed by atoms with Crippen molar-refractivity contribution in [1.82, 2.24) is 4.90 Å². The molecule has 0 aromatic heterocycles. The zero-order valence-electron chi connectivity index (χ0n) is 14.0. The number of nitrogens with one attached hydrogen (secondary N) is 1. The molecule has 0 heterocycles. The predicted octanol–water partition coefficient (Wildman–Crippen LogP) is 4.14. The maximum absolute atomic E-state index is 12.6. The van der Waals surface area contributed by atoms with Crippen molar-refractivity contribution in [2.45, 2.75) is 17.9 Å². The molecular formula is C18H20ClN3O2S. The van der Waals surface area contributed by atoms with E-state index in [0.717, 1.165) is 10.5 Å². The first-order valence-corrected chi connectivity index (χ1v) is 9.04. The number of amides is 3. The topological polar surface area (TPSA) is 75.4 Å². The van der Waals surface area contributed by atoms with Gasteiger partial charge in [-0.1, -0.05) is 35.9 Å². The highest BCUT2D eigenvalue weighted by Gasteiger charge is 2.18. The molecule has 0 aliphatic heterocycles. The van der Waals surface area contributed by atoms with E-state index in [1.54, 1.807) is 24.1 Å². The van der Waals surface area contributed by atoms with Crippen LogP contribution in [-0.2, 0) is 4.79 Å². The van der Waals surface area contributed by atoms with Crippen molar-refractivity contribution >= 4 is 41.0 Å². The molecule has 5 nitrogen and oxygen atoms in total. The number of hydrogen-bond donors (Lipinski definition) is 2. The summed E-state index contributed by atoms with van der Waals surface area (Å²) in [7, 11) is 1.72. The molecule has 132 valence electrons. The molecule has 3 N–H and O–H groups in total. The van der Waals surface area contributed by atoms with Crippen LogP contribution < -0.4 is 11.1 Å². The van der Waals surface area contributed by atoms with Crippen molar-refractivity contribution in [3.05, 3.63) is 59.1 Å². The summed E-state index contributed by atoms with van der Waals surface area (Å²) in [5.41, 5.74) is 6.78. The zero-order chi connectivity index (χ0) is 18.4. The van der Waals surface area contributed by atoms with Crippen LogP contribution >= 0.6 is 23.4 Å². The summed E-state index contributed by atoms with van der Waals surface area (Å²) in [6.45, 7) is 1.93. The van der Waals surface area contributed by atoms with E-state index in [1.807, 2.05) is 43.3 Å². The summed E-state index contributed by atoms with van der Waals surface area (Å²) in [6, 6.07) is 14.3. The summed E-state index contributed by atoms with van der Waals surface area (Å²) in [5, 5.41) is 3.51. The minimum absolute atomic E-state index is 0.149. The van der Waals surface area contributed by atoms with E-state index in [4.69, 9.17) is 17.3 Å². The van der Waals surface area contributed by atoms with Gasteiger partial charge >= 0.3 is 6.03 Å². The number of benzene rings is 2. The average Bonchev–Trinajstić information content (AvgIpc) is 2.59. The highest BCUT2D eigenvalue weighted by Crippen LogP contribution is 2.28. The molecule has 2 rings (SSSR count). The van der Waals surface area contributed by atoms with Gasteiger partial charge in [-0.3, -0.25) is 4.79 Å². The second-order valence-corrected chi connectivity index (χ2v) is 6.98. The molecule has 0 fully saturated rings. The molecule has 2 aromatic carbocycles. The summed E-state index contributed by atoms with van der Waals surface area (Å²) in [4.78, 5) is 26.0. The van der Waals surface area contributed by atoms with Crippen LogP contribution in [0.25, 0.3) is 0 Å². The Labute approximate surface area is 156 Å². The lowest BCUT2D eigenvalue weighted by Gasteiger charge is -2.26. The van der Waals surface area contributed by atoms with Gasteiger partial charge in [0.15, 0.2) is 0 Å². The fourth-order valence-electron chi connectivity index (χ4n) is 2.21. The Balaban J connectivity index is 2.09. The number of thioether (sulfide) groups is 1. The normalized spacial score (nSPS) is 11.6. The van der Waals surface area contributed by atoms with Crippen molar-refractivity contribution in [3.63, 3.8) is 0 Å². The van der Waals surface area contributed by atoms with Gasteiger partial charge < -0.3 is 16.0 Å². The molecule has 1 unspecified atom stereocenters. The highest BCUT2D eigenvalue weighted by molar-refractivity contribution is 8.00.